The summed E-state index contributed by atoms with van der Waals surface area (Å²) in [6, 6.07) is 14.2. The molecule has 0 atom stereocenters. The van der Waals surface area contributed by atoms with Gasteiger partial charge >= 0.3 is 5.97 Å². The van der Waals surface area contributed by atoms with Gasteiger partial charge in [0, 0.05) is 5.56 Å². The first kappa shape index (κ1) is 19.6. The van der Waals surface area contributed by atoms with Crippen LogP contribution in [0.25, 0.3) is 22.4 Å². The highest BCUT2D eigenvalue weighted by atomic mass is 16.5. The Bertz CT molecular complexity index is 932. The van der Waals surface area contributed by atoms with Gasteiger partial charge in [0.05, 0.1) is 13.2 Å². The molecule has 0 unspecified atom stereocenters. The number of carbonyl (C=O) groups is 1. The predicted molar refractivity (Wildman–Crippen MR) is 108 cm³/mol. The van der Waals surface area contributed by atoms with Crippen LogP contribution in [-0.4, -0.2) is 34.6 Å². The number of nitrogens with zero attached hydrogens (tertiary/aromatic N) is 2. The average molecular weight is 379 g/mol. The molecule has 1 N–H and O–H groups in total. The van der Waals surface area contributed by atoms with Crippen LogP contribution in [0.4, 0.5) is 0 Å². The molecule has 0 aliphatic carbocycles. The molecule has 3 rings (SSSR count). The van der Waals surface area contributed by atoms with Crippen molar-refractivity contribution >= 4 is 5.97 Å². The third-order valence-electron chi connectivity index (χ3n) is 4.39. The lowest BCUT2D eigenvalue weighted by atomic mass is 9.99. The SMILES string of the molecule is CCCCOc1ccc(-c2ccc(C)cc2)cc1-c1n[nH]nc1C(=O)OCC. The second-order valence-electron chi connectivity index (χ2n) is 6.52. The number of H-pyrrole nitrogens is 1. The molecule has 0 spiro atoms. The number of hydrogen-bond donors (Lipinski definition) is 1. The van der Waals surface area contributed by atoms with Gasteiger partial charge in [-0.2, -0.15) is 10.3 Å². The Morgan fingerprint density at radius 2 is 1.79 bits per heavy atom. The minimum absolute atomic E-state index is 0.156. The van der Waals surface area contributed by atoms with E-state index >= 15 is 0 Å². The fourth-order valence-electron chi connectivity index (χ4n) is 2.85. The number of aromatic nitrogens is 3. The van der Waals surface area contributed by atoms with Gasteiger partial charge in [-0.3, -0.25) is 0 Å². The number of nitrogens with one attached hydrogen (secondary N) is 1. The molecular weight excluding hydrogens is 354 g/mol. The van der Waals surface area contributed by atoms with Crippen LogP contribution >= 0.6 is 0 Å². The summed E-state index contributed by atoms with van der Waals surface area (Å²) in [4.78, 5) is 12.3. The van der Waals surface area contributed by atoms with Crippen molar-refractivity contribution in [3.8, 4) is 28.1 Å². The van der Waals surface area contributed by atoms with E-state index in [4.69, 9.17) is 9.47 Å². The third kappa shape index (κ3) is 4.39. The van der Waals surface area contributed by atoms with Crippen LogP contribution in [0.5, 0.6) is 5.75 Å². The minimum atomic E-state index is -0.508. The van der Waals surface area contributed by atoms with E-state index in [2.05, 4.69) is 53.5 Å². The van der Waals surface area contributed by atoms with E-state index in [1.165, 1.54) is 5.56 Å². The van der Waals surface area contributed by atoms with E-state index < -0.39 is 5.97 Å². The van der Waals surface area contributed by atoms with Crippen LogP contribution < -0.4 is 4.74 Å². The first-order valence-electron chi connectivity index (χ1n) is 9.56. The Labute approximate surface area is 164 Å². The van der Waals surface area contributed by atoms with Gasteiger partial charge in [0.2, 0.25) is 0 Å². The number of unbranched alkanes of at least 4 members (excludes halogenated alkanes) is 1. The molecular formula is C22H25N3O3. The van der Waals surface area contributed by atoms with Gasteiger partial charge in [0.25, 0.3) is 0 Å². The molecule has 0 saturated carbocycles. The number of aromatic amines is 1. The first-order valence-corrected chi connectivity index (χ1v) is 9.56. The molecule has 6 nitrogen and oxygen atoms in total. The second-order valence-corrected chi connectivity index (χ2v) is 6.52. The number of benzene rings is 2. The van der Waals surface area contributed by atoms with Crippen LogP contribution in [0.15, 0.2) is 42.5 Å². The molecule has 0 radical (unpaired) electrons. The summed E-state index contributed by atoms with van der Waals surface area (Å²) in [7, 11) is 0. The molecule has 28 heavy (non-hydrogen) atoms. The van der Waals surface area contributed by atoms with Crippen LogP contribution in [0, 0.1) is 6.92 Å². The Balaban J connectivity index is 2.05. The van der Waals surface area contributed by atoms with Gasteiger partial charge < -0.3 is 9.47 Å². The highest BCUT2D eigenvalue weighted by Crippen LogP contribution is 2.35. The zero-order valence-electron chi connectivity index (χ0n) is 16.5. The van der Waals surface area contributed by atoms with Gasteiger partial charge in [-0.25, -0.2) is 4.79 Å². The number of hydrogen-bond acceptors (Lipinski definition) is 5. The van der Waals surface area contributed by atoms with Crippen LogP contribution in [0.2, 0.25) is 0 Å². The lowest BCUT2D eigenvalue weighted by molar-refractivity contribution is 0.0520. The lowest BCUT2D eigenvalue weighted by Gasteiger charge is -2.13. The Morgan fingerprint density at radius 1 is 1.04 bits per heavy atom. The summed E-state index contributed by atoms with van der Waals surface area (Å²) in [5, 5.41) is 10.7. The van der Waals surface area contributed by atoms with E-state index in [1.807, 2.05) is 18.2 Å². The van der Waals surface area contributed by atoms with Gasteiger partial charge in [0.15, 0.2) is 5.69 Å². The van der Waals surface area contributed by atoms with Crippen molar-refractivity contribution in [1.29, 1.82) is 0 Å². The van der Waals surface area contributed by atoms with Crippen molar-refractivity contribution in [3.63, 3.8) is 0 Å². The molecule has 0 amide bonds. The zero-order valence-corrected chi connectivity index (χ0v) is 16.5. The molecule has 1 heterocycles. The number of esters is 1. The van der Waals surface area contributed by atoms with Gasteiger partial charge in [-0.1, -0.05) is 49.2 Å². The highest BCUT2D eigenvalue weighted by molar-refractivity contribution is 5.95. The summed E-state index contributed by atoms with van der Waals surface area (Å²) in [5.41, 5.74) is 4.58. The van der Waals surface area contributed by atoms with Gasteiger partial charge in [-0.05, 0) is 43.5 Å². The molecule has 146 valence electrons. The summed E-state index contributed by atoms with van der Waals surface area (Å²) in [6.45, 7) is 6.80. The average Bonchev–Trinajstić information content (AvgIpc) is 3.19. The van der Waals surface area contributed by atoms with E-state index in [9.17, 15) is 4.79 Å². The van der Waals surface area contributed by atoms with Gasteiger partial charge in [-0.15, -0.1) is 5.10 Å². The summed E-state index contributed by atoms with van der Waals surface area (Å²) >= 11 is 0. The standard InChI is InChI=1S/C22H25N3O3/c1-4-6-13-28-19-12-11-17(16-9-7-15(3)8-10-16)14-18(19)20-21(24-25-23-20)22(26)27-5-2/h7-12,14H,4-6,13H2,1-3H3,(H,23,24,25). The summed E-state index contributed by atoms with van der Waals surface area (Å²) < 4.78 is 11.1. The Kier molecular flexibility index (Phi) is 6.42. The summed E-state index contributed by atoms with van der Waals surface area (Å²) in [6.07, 6.45) is 1.98. The molecule has 0 aliphatic heterocycles. The van der Waals surface area contributed by atoms with E-state index in [0.29, 0.717) is 23.6 Å². The molecule has 0 bridgehead atoms. The maximum absolute atomic E-state index is 12.3. The number of rotatable bonds is 8. The lowest BCUT2D eigenvalue weighted by Crippen LogP contribution is -2.07. The van der Waals surface area contributed by atoms with E-state index in [-0.39, 0.29) is 12.3 Å². The molecule has 6 heteroatoms. The number of aryl methyl sites for hydroxylation is 1. The van der Waals surface area contributed by atoms with E-state index in [0.717, 1.165) is 24.0 Å². The first-order chi connectivity index (χ1) is 13.6. The largest absolute Gasteiger partial charge is 0.493 e. The molecule has 0 aliphatic rings. The second kappa shape index (κ2) is 9.17. The fraction of sp³-hybridized carbons (Fsp3) is 0.318. The fourth-order valence-corrected chi connectivity index (χ4v) is 2.85. The quantitative estimate of drug-likeness (QED) is 0.449. The maximum Gasteiger partial charge on any atom is 0.361 e. The van der Waals surface area contributed by atoms with Crippen molar-refractivity contribution in [2.24, 2.45) is 0 Å². The van der Waals surface area contributed by atoms with Crippen molar-refractivity contribution in [2.75, 3.05) is 13.2 Å². The number of ether oxygens (including phenoxy) is 2. The van der Waals surface area contributed by atoms with Crippen LogP contribution in [0.3, 0.4) is 0 Å². The van der Waals surface area contributed by atoms with Crippen molar-refractivity contribution in [3.05, 3.63) is 53.7 Å². The third-order valence-corrected chi connectivity index (χ3v) is 4.39. The van der Waals surface area contributed by atoms with Crippen LogP contribution in [-0.2, 0) is 4.74 Å². The number of carbonyl (C=O) groups excluding carboxylic acids is 1. The Morgan fingerprint density at radius 3 is 2.50 bits per heavy atom. The van der Waals surface area contributed by atoms with Gasteiger partial charge in [0.1, 0.15) is 11.4 Å². The maximum atomic E-state index is 12.3. The smallest absolute Gasteiger partial charge is 0.361 e. The van der Waals surface area contributed by atoms with Crippen molar-refractivity contribution in [1.82, 2.24) is 15.4 Å². The zero-order chi connectivity index (χ0) is 19.9. The molecule has 0 saturated heterocycles. The highest BCUT2D eigenvalue weighted by Gasteiger charge is 2.22. The topological polar surface area (TPSA) is 77.1 Å². The van der Waals surface area contributed by atoms with Crippen molar-refractivity contribution < 1.29 is 14.3 Å². The molecule has 0 fully saturated rings. The minimum Gasteiger partial charge on any atom is -0.493 e. The molecule has 2 aromatic carbocycles. The summed E-state index contributed by atoms with van der Waals surface area (Å²) in [5.74, 6) is 0.162. The molecule has 1 aromatic heterocycles. The van der Waals surface area contributed by atoms with Crippen LogP contribution in [0.1, 0.15) is 42.7 Å². The predicted octanol–water partition coefficient (Wildman–Crippen LogP) is 4.80. The Hall–Kier alpha value is -3.15. The monoisotopic (exact) mass is 379 g/mol. The van der Waals surface area contributed by atoms with Crippen molar-refractivity contribution in [2.45, 2.75) is 33.6 Å². The molecule has 3 aromatic rings. The normalized spacial score (nSPS) is 10.7. The van der Waals surface area contributed by atoms with E-state index in [1.54, 1.807) is 6.92 Å².